The van der Waals surface area contributed by atoms with Crippen molar-refractivity contribution in [3.05, 3.63) is 146 Å². The zero-order valence-electron chi connectivity index (χ0n) is 27.8. The second kappa shape index (κ2) is 17.7. The van der Waals surface area contributed by atoms with E-state index in [4.69, 9.17) is 48.3 Å². The fourth-order valence-corrected chi connectivity index (χ4v) is 6.48. The Morgan fingerprint density at radius 2 is 1.27 bits per heavy atom. The molecule has 0 fully saturated rings. The van der Waals surface area contributed by atoms with E-state index in [1.165, 1.54) is 42.0 Å². The van der Waals surface area contributed by atoms with Crippen LogP contribution < -0.4 is 20.6 Å². The molecule has 3 heterocycles. The van der Waals surface area contributed by atoms with Gasteiger partial charge in [0.05, 0.1) is 47.5 Å². The second-order valence-corrected chi connectivity index (χ2v) is 14.1. The molecule has 12 nitrogen and oxygen atoms in total. The Hall–Kier alpha value is -5.52. The van der Waals surface area contributed by atoms with Crippen LogP contribution in [0.1, 0.15) is 33.6 Å². The molecular weight excluding hydrogens is 895 g/mol. The van der Waals surface area contributed by atoms with Crippen LogP contribution in [0.4, 0.5) is 8.78 Å². The highest BCUT2D eigenvalue weighted by Gasteiger charge is 2.25. The molecule has 0 aliphatic carbocycles. The summed E-state index contributed by atoms with van der Waals surface area (Å²) in [5, 5.41) is 27.1. The largest absolute Gasteiger partial charge is 0.481 e. The monoisotopic (exact) mass is 915 g/mol. The minimum Gasteiger partial charge on any atom is -0.481 e. The molecule has 0 spiro atoms. The number of aromatic amines is 2. The summed E-state index contributed by atoms with van der Waals surface area (Å²) in [6, 6.07) is 19.8. The molecule has 55 heavy (non-hydrogen) atoms. The molecule has 0 saturated carbocycles. The Morgan fingerprint density at radius 1 is 0.800 bits per heavy atom. The molecule has 2 aromatic heterocycles. The number of ether oxygens (including phenoxy) is 2. The highest BCUT2D eigenvalue weighted by molar-refractivity contribution is 9.10. The predicted octanol–water partition coefficient (Wildman–Crippen LogP) is 7.94. The van der Waals surface area contributed by atoms with Crippen molar-refractivity contribution in [2.45, 2.75) is 25.8 Å². The van der Waals surface area contributed by atoms with Crippen LogP contribution in [-0.4, -0.2) is 38.4 Å². The number of fused-ring (bicyclic) bond motifs is 1. The van der Waals surface area contributed by atoms with Crippen LogP contribution in [0.15, 0.2) is 79.2 Å². The van der Waals surface area contributed by atoms with Crippen LogP contribution in [0.25, 0.3) is 0 Å². The van der Waals surface area contributed by atoms with Crippen molar-refractivity contribution < 1.29 is 33.0 Å². The number of hydrogen-bond donors (Lipinski definition) is 3. The minimum atomic E-state index is -1.32. The van der Waals surface area contributed by atoms with Crippen molar-refractivity contribution in [1.82, 2.24) is 14.9 Å². The average Bonchev–Trinajstić information content (AvgIpc) is 3.15. The molecule has 0 unspecified atom stereocenters. The number of carbonyl (C=O) groups is 2. The Bertz CT molecular complexity index is 2550. The molecular formula is C37H23Br2Cl2F2N5O7. The maximum atomic E-state index is 15.3. The number of carbonyl (C=O) groups excluding carboxylic acids is 1. The molecule has 5 aromatic rings. The normalized spacial score (nSPS) is 11.7. The number of hydrogen-bond acceptors (Lipinski definition) is 8. The lowest BCUT2D eigenvalue weighted by Crippen LogP contribution is -2.37. The van der Waals surface area contributed by atoms with Gasteiger partial charge in [0.2, 0.25) is 5.91 Å². The number of nitriles is 2. The Kier molecular flexibility index (Phi) is 13.1. The number of aromatic nitrogens is 2. The number of amides is 1. The molecule has 1 amide bonds. The number of pyridine rings is 2. The summed E-state index contributed by atoms with van der Waals surface area (Å²) in [4.78, 5) is 53.9. The van der Waals surface area contributed by atoms with Crippen LogP contribution in [-0.2, 0) is 35.4 Å². The van der Waals surface area contributed by atoms with Gasteiger partial charge in [-0.25, -0.2) is 8.78 Å². The smallest absolute Gasteiger partial charge is 0.309 e. The van der Waals surface area contributed by atoms with Gasteiger partial charge in [0.15, 0.2) is 23.1 Å². The molecule has 1 aliphatic heterocycles. The van der Waals surface area contributed by atoms with Gasteiger partial charge in [0.1, 0.15) is 20.4 Å². The third-order valence-electron chi connectivity index (χ3n) is 7.83. The van der Waals surface area contributed by atoms with Crippen molar-refractivity contribution in [3.63, 3.8) is 0 Å². The van der Waals surface area contributed by atoms with E-state index in [1.54, 1.807) is 4.90 Å². The van der Waals surface area contributed by atoms with Crippen molar-refractivity contribution in [2.75, 3.05) is 6.54 Å². The highest BCUT2D eigenvalue weighted by Crippen LogP contribution is 2.34. The SMILES string of the molecule is N#Cc1cc(Cl)cc(Oc2c(F)c(CC(=O)N3CCc4ccccc4C3)[nH]c(=O)c2Br)c1.N#Cc1cc(Cl)cc(Oc2c(F)c(CC(=O)O)[nH]c(=O)c2Br)c1. The van der Waals surface area contributed by atoms with Gasteiger partial charge in [-0.2, -0.15) is 10.5 Å². The summed E-state index contributed by atoms with van der Waals surface area (Å²) in [6.07, 6.45) is -0.332. The molecule has 6 rings (SSSR count). The summed E-state index contributed by atoms with van der Waals surface area (Å²) >= 11 is 17.7. The first-order valence-corrected chi connectivity index (χ1v) is 18.0. The first kappa shape index (κ1) is 40.7. The van der Waals surface area contributed by atoms with Gasteiger partial charge in [0, 0.05) is 23.1 Å². The van der Waals surface area contributed by atoms with E-state index in [1.807, 2.05) is 36.4 Å². The van der Waals surface area contributed by atoms with E-state index in [0.29, 0.717) is 19.5 Å². The number of rotatable bonds is 8. The summed E-state index contributed by atoms with van der Waals surface area (Å²) in [5.74, 6) is -4.29. The Labute approximate surface area is 336 Å². The van der Waals surface area contributed by atoms with Crippen LogP contribution in [0.2, 0.25) is 10.0 Å². The van der Waals surface area contributed by atoms with Crippen LogP contribution in [0, 0.1) is 34.3 Å². The summed E-state index contributed by atoms with van der Waals surface area (Å²) < 4.78 is 40.0. The fourth-order valence-electron chi connectivity index (χ4n) is 5.32. The first-order chi connectivity index (χ1) is 26.2. The van der Waals surface area contributed by atoms with E-state index in [9.17, 15) is 23.6 Å². The van der Waals surface area contributed by atoms with Crippen LogP contribution >= 0.6 is 55.1 Å². The molecule has 0 radical (unpaired) electrons. The minimum absolute atomic E-state index is 0.0283. The molecule has 280 valence electrons. The topological polar surface area (TPSA) is 189 Å². The second-order valence-electron chi connectivity index (χ2n) is 11.6. The number of carboxylic acids is 1. The van der Waals surface area contributed by atoms with E-state index in [-0.39, 0.29) is 65.4 Å². The summed E-state index contributed by atoms with van der Waals surface area (Å²) in [6.45, 7) is 0.946. The average molecular weight is 918 g/mol. The zero-order chi connectivity index (χ0) is 40.0. The first-order valence-electron chi connectivity index (χ1n) is 15.7. The number of nitrogens with one attached hydrogen (secondary N) is 2. The number of carboxylic acid groups (broad SMARTS) is 1. The van der Waals surface area contributed by atoms with E-state index in [0.717, 1.165) is 5.56 Å². The van der Waals surface area contributed by atoms with Crippen molar-refractivity contribution in [2.24, 2.45) is 0 Å². The molecule has 0 atom stereocenters. The molecule has 18 heteroatoms. The molecule has 3 aromatic carbocycles. The molecule has 3 N–H and O–H groups in total. The van der Waals surface area contributed by atoms with Crippen molar-refractivity contribution in [1.29, 1.82) is 10.5 Å². The Morgan fingerprint density at radius 3 is 1.75 bits per heavy atom. The van der Waals surface area contributed by atoms with E-state index < -0.39 is 46.6 Å². The van der Waals surface area contributed by atoms with E-state index in [2.05, 4.69) is 41.8 Å². The van der Waals surface area contributed by atoms with Crippen LogP contribution in [0.3, 0.4) is 0 Å². The number of benzene rings is 3. The van der Waals surface area contributed by atoms with Gasteiger partial charge >= 0.3 is 5.97 Å². The Balaban J connectivity index is 0.000000223. The summed E-state index contributed by atoms with van der Waals surface area (Å²) in [5.41, 5.74) is 0.636. The summed E-state index contributed by atoms with van der Waals surface area (Å²) in [7, 11) is 0. The molecule has 1 aliphatic rings. The maximum Gasteiger partial charge on any atom is 0.309 e. The molecule has 0 bridgehead atoms. The van der Waals surface area contributed by atoms with Crippen LogP contribution in [0.5, 0.6) is 23.0 Å². The van der Waals surface area contributed by atoms with Gasteiger partial charge in [-0.1, -0.05) is 47.5 Å². The number of aliphatic carboxylic acids is 1. The van der Waals surface area contributed by atoms with Gasteiger partial charge in [-0.15, -0.1) is 0 Å². The highest BCUT2D eigenvalue weighted by atomic mass is 79.9. The van der Waals surface area contributed by atoms with Gasteiger partial charge in [0.25, 0.3) is 11.1 Å². The number of nitrogens with zero attached hydrogens (tertiary/aromatic N) is 3. The lowest BCUT2D eigenvalue weighted by atomic mass is 9.99. The predicted molar refractivity (Wildman–Crippen MR) is 203 cm³/mol. The number of H-pyrrole nitrogens is 2. The third kappa shape index (κ3) is 9.97. The van der Waals surface area contributed by atoms with E-state index >= 15 is 4.39 Å². The van der Waals surface area contributed by atoms with Gasteiger partial charge in [-0.05, 0) is 85.8 Å². The third-order valence-corrected chi connectivity index (χ3v) is 9.71. The van der Waals surface area contributed by atoms with Crippen molar-refractivity contribution in [3.8, 4) is 35.1 Å². The fraction of sp³-hybridized carbons (Fsp3) is 0.135. The number of halogens is 6. The lowest BCUT2D eigenvalue weighted by Gasteiger charge is -2.29. The quantitative estimate of drug-likeness (QED) is 0.139. The van der Waals surface area contributed by atoms with Crippen molar-refractivity contribution >= 4 is 66.9 Å². The maximum absolute atomic E-state index is 15.3. The van der Waals surface area contributed by atoms with Gasteiger partial charge < -0.3 is 29.4 Å². The standard InChI is InChI=1S/C23H16BrClFN3O3.C14H7BrClFN2O4/c24-20-22(32-17-8-13(11-27)7-16(25)9-17)21(26)18(28-23(20)31)10-19(30)29-6-5-14-3-1-2-4-15(14)12-29;15-11-13(12(17)9(4-10(20)21)19-14(11)22)23-8-2-6(5-18)1-7(16)3-8/h1-4,7-9H,5-6,10,12H2,(H,28,31);1-3H,4H2,(H,19,22)(H,20,21). The lowest BCUT2D eigenvalue weighted by molar-refractivity contribution is -0.136. The zero-order valence-corrected chi connectivity index (χ0v) is 32.5. The molecule has 0 saturated heterocycles. The van der Waals surface area contributed by atoms with Gasteiger partial charge in [-0.3, -0.25) is 19.2 Å².